The molecule has 110 valence electrons. The standard InChI is InChI=1S/C14H20N2O3S/c15-9-6-13(17)11-4-3-5-12(10-11)14(16-20(18)19)7-1-2-8-14/h3-5,10,20H,1-2,6-9,15H2,(H,16,18,19). The Morgan fingerprint density at radius 1 is 1.30 bits per heavy atom. The quantitative estimate of drug-likeness (QED) is 0.542. The van der Waals surface area contributed by atoms with E-state index in [0.29, 0.717) is 18.5 Å². The third-order valence-corrected chi connectivity index (χ3v) is 4.48. The van der Waals surface area contributed by atoms with Gasteiger partial charge in [0.25, 0.3) is 0 Å². The molecule has 1 aliphatic carbocycles. The van der Waals surface area contributed by atoms with E-state index in [-0.39, 0.29) is 5.78 Å². The van der Waals surface area contributed by atoms with Crippen molar-refractivity contribution in [2.24, 2.45) is 5.73 Å². The van der Waals surface area contributed by atoms with Crippen molar-refractivity contribution in [3.8, 4) is 0 Å². The Bertz CT molecular complexity index is 555. The van der Waals surface area contributed by atoms with Crippen LogP contribution in [0.2, 0.25) is 0 Å². The van der Waals surface area contributed by atoms with Gasteiger partial charge in [0.1, 0.15) is 0 Å². The van der Waals surface area contributed by atoms with E-state index in [1.54, 1.807) is 18.2 Å². The minimum atomic E-state index is -2.67. The van der Waals surface area contributed by atoms with E-state index in [0.717, 1.165) is 31.2 Å². The van der Waals surface area contributed by atoms with Crippen LogP contribution in [0.4, 0.5) is 0 Å². The summed E-state index contributed by atoms with van der Waals surface area (Å²) in [6.45, 7) is 0.318. The molecule has 0 heterocycles. The lowest BCUT2D eigenvalue weighted by Gasteiger charge is -2.28. The summed E-state index contributed by atoms with van der Waals surface area (Å²) in [6, 6.07) is 7.24. The number of carbonyl (C=O) groups is 1. The number of nitrogens with one attached hydrogen (secondary N) is 1. The van der Waals surface area contributed by atoms with Crippen LogP contribution < -0.4 is 10.5 Å². The van der Waals surface area contributed by atoms with Crippen LogP contribution in [0.3, 0.4) is 0 Å². The van der Waals surface area contributed by atoms with Crippen molar-refractivity contribution in [1.29, 1.82) is 0 Å². The van der Waals surface area contributed by atoms with Crippen molar-refractivity contribution in [3.63, 3.8) is 0 Å². The average molecular weight is 296 g/mol. The molecular weight excluding hydrogens is 276 g/mol. The molecule has 0 atom stereocenters. The highest BCUT2D eigenvalue weighted by Gasteiger charge is 2.36. The summed E-state index contributed by atoms with van der Waals surface area (Å²) in [6.07, 6.45) is 3.81. The van der Waals surface area contributed by atoms with Gasteiger partial charge in [0.05, 0.1) is 5.54 Å². The Morgan fingerprint density at radius 2 is 2.00 bits per heavy atom. The van der Waals surface area contributed by atoms with Crippen molar-refractivity contribution >= 4 is 16.7 Å². The van der Waals surface area contributed by atoms with Crippen molar-refractivity contribution in [3.05, 3.63) is 35.4 Å². The lowest BCUT2D eigenvalue weighted by atomic mass is 9.87. The minimum absolute atomic E-state index is 0.00555. The SMILES string of the molecule is NCCC(=O)c1cccc(C2(N[SH](=O)=O)CCCC2)c1. The fourth-order valence-corrected chi connectivity index (χ4v) is 3.59. The Hall–Kier alpha value is -1.24. The molecule has 6 heteroatoms. The first-order valence-electron chi connectivity index (χ1n) is 6.83. The van der Waals surface area contributed by atoms with Crippen molar-refractivity contribution < 1.29 is 13.2 Å². The second kappa shape index (κ2) is 6.47. The maximum absolute atomic E-state index is 11.9. The Kier molecular flexibility index (Phi) is 4.91. The normalized spacial score (nSPS) is 17.5. The molecule has 0 saturated heterocycles. The van der Waals surface area contributed by atoms with Gasteiger partial charge in [-0.05, 0) is 31.0 Å². The predicted molar refractivity (Wildman–Crippen MR) is 78.0 cm³/mol. The van der Waals surface area contributed by atoms with Crippen LogP contribution in [0.15, 0.2) is 24.3 Å². The first-order chi connectivity index (χ1) is 9.57. The van der Waals surface area contributed by atoms with Crippen molar-refractivity contribution in [1.82, 2.24) is 4.72 Å². The molecule has 1 fully saturated rings. The van der Waals surface area contributed by atoms with E-state index in [9.17, 15) is 13.2 Å². The van der Waals surface area contributed by atoms with Crippen molar-refractivity contribution in [2.45, 2.75) is 37.6 Å². The van der Waals surface area contributed by atoms with Gasteiger partial charge in [-0.15, -0.1) is 0 Å². The number of rotatable bonds is 6. The fraction of sp³-hybridized carbons (Fsp3) is 0.500. The van der Waals surface area contributed by atoms with Gasteiger partial charge in [-0.3, -0.25) is 4.79 Å². The molecule has 0 aromatic heterocycles. The summed E-state index contributed by atoms with van der Waals surface area (Å²) < 4.78 is 24.9. The molecule has 1 aliphatic rings. The van der Waals surface area contributed by atoms with Gasteiger partial charge in [-0.1, -0.05) is 31.0 Å². The highest BCUT2D eigenvalue weighted by Crippen LogP contribution is 2.39. The summed E-state index contributed by atoms with van der Waals surface area (Å²) in [5, 5.41) is 0. The molecule has 0 unspecified atom stereocenters. The van der Waals surface area contributed by atoms with Crippen LogP contribution >= 0.6 is 0 Å². The maximum atomic E-state index is 11.9. The molecule has 0 bridgehead atoms. The third-order valence-electron chi connectivity index (χ3n) is 3.87. The number of thiol groups is 1. The number of hydrogen-bond acceptors (Lipinski definition) is 4. The van der Waals surface area contributed by atoms with Gasteiger partial charge in [-0.2, -0.15) is 0 Å². The van der Waals surface area contributed by atoms with Crippen LogP contribution in [-0.4, -0.2) is 20.7 Å². The third kappa shape index (κ3) is 3.26. The van der Waals surface area contributed by atoms with Crippen LogP contribution in [0.5, 0.6) is 0 Å². The van der Waals surface area contributed by atoms with Crippen molar-refractivity contribution in [2.75, 3.05) is 6.54 Å². The number of ketones is 1. The van der Waals surface area contributed by atoms with E-state index < -0.39 is 16.4 Å². The average Bonchev–Trinajstić information content (AvgIpc) is 2.88. The molecule has 0 aliphatic heterocycles. The number of nitrogens with two attached hydrogens (primary N) is 1. The highest BCUT2D eigenvalue weighted by atomic mass is 32.2. The molecule has 1 aromatic rings. The van der Waals surface area contributed by atoms with Crippen LogP contribution in [0, 0.1) is 0 Å². The molecule has 2 rings (SSSR count). The zero-order chi connectivity index (χ0) is 14.6. The van der Waals surface area contributed by atoms with E-state index in [1.165, 1.54) is 0 Å². The van der Waals surface area contributed by atoms with Gasteiger partial charge < -0.3 is 5.73 Å². The second-order valence-corrected chi connectivity index (χ2v) is 5.94. The number of Topliss-reactive ketones (excluding diaryl/α,β-unsaturated/α-hetero) is 1. The monoisotopic (exact) mass is 296 g/mol. The Labute approximate surface area is 120 Å². The molecule has 1 aromatic carbocycles. The molecule has 0 radical (unpaired) electrons. The first-order valence-corrected chi connectivity index (χ1v) is 8.01. The van der Waals surface area contributed by atoms with E-state index in [1.807, 2.05) is 6.07 Å². The predicted octanol–water partition coefficient (Wildman–Crippen LogP) is 1.10. The number of benzene rings is 1. The summed E-state index contributed by atoms with van der Waals surface area (Å²) in [5.74, 6) is -0.00555. The minimum Gasteiger partial charge on any atom is -0.330 e. The topological polar surface area (TPSA) is 89.3 Å². The Morgan fingerprint density at radius 3 is 2.60 bits per heavy atom. The van der Waals surface area contributed by atoms with Gasteiger partial charge in [0.15, 0.2) is 5.78 Å². The summed E-state index contributed by atoms with van der Waals surface area (Å²) in [7, 11) is -2.67. The molecule has 20 heavy (non-hydrogen) atoms. The number of hydrogen-bond donors (Lipinski definition) is 3. The second-order valence-electron chi connectivity index (χ2n) is 5.20. The summed E-state index contributed by atoms with van der Waals surface area (Å²) in [4.78, 5) is 11.9. The largest absolute Gasteiger partial charge is 0.330 e. The number of carbonyl (C=O) groups excluding carboxylic acids is 1. The summed E-state index contributed by atoms with van der Waals surface area (Å²) in [5.41, 5.74) is 6.33. The first kappa shape index (κ1) is 15.2. The van der Waals surface area contributed by atoms with E-state index in [4.69, 9.17) is 5.73 Å². The molecule has 0 amide bonds. The zero-order valence-electron chi connectivity index (χ0n) is 11.3. The van der Waals surface area contributed by atoms with Crippen LogP contribution in [0.1, 0.15) is 48.0 Å². The van der Waals surface area contributed by atoms with E-state index in [2.05, 4.69) is 4.72 Å². The fourth-order valence-electron chi connectivity index (χ4n) is 2.88. The molecule has 1 saturated carbocycles. The van der Waals surface area contributed by atoms with Gasteiger partial charge >= 0.3 is 0 Å². The highest BCUT2D eigenvalue weighted by molar-refractivity contribution is 7.70. The lowest BCUT2D eigenvalue weighted by Crippen LogP contribution is -2.38. The molecule has 0 spiro atoms. The van der Waals surface area contributed by atoms with Gasteiger partial charge in [0.2, 0.25) is 10.9 Å². The van der Waals surface area contributed by atoms with Crippen LogP contribution in [-0.2, 0) is 16.4 Å². The van der Waals surface area contributed by atoms with Gasteiger partial charge in [0, 0.05) is 12.0 Å². The smallest absolute Gasteiger partial charge is 0.202 e. The molecule has 3 N–H and O–H groups in total. The Balaban J connectivity index is 2.34. The molecule has 5 nitrogen and oxygen atoms in total. The lowest BCUT2D eigenvalue weighted by molar-refractivity contribution is 0.0985. The van der Waals surface area contributed by atoms with Gasteiger partial charge in [-0.25, -0.2) is 13.1 Å². The molecular formula is C14H20N2O3S. The van der Waals surface area contributed by atoms with Crippen LogP contribution in [0.25, 0.3) is 0 Å². The van der Waals surface area contributed by atoms with E-state index >= 15 is 0 Å². The maximum Gasteiger partial charge on any atom is 0.202 e. The zero-order valence-corrected chi connectivity index (χ0v) is 12.2. The summed E-state index contributed by atoms with van der Waals surface area (Å²) >= 11 is 0.